The van der Waals surface area contributed by atoms with Crippen molar-refractivity contribution in [1.29, 1.82) is 0 Å². The number of nitrogens with zero attached hydrogens (tertiary/aromatic N) is 2. The number of aliphatic hydroxyl groups is 1. The van der Waals surface area contributed by atoms with Crippen LogP contribution in [-0.2, 0) is 6.61 Å². The number of nitrogens with one attached hydrogen (secondary N) is 1. The summed E-state index contributed by atoms with van der Waals surface area (Å²) in [6, 6.07) is 0. The van der Waals surface area contributed by atoms with Crippen LogP contribution in [0.1, 0.15) is 15.9 Å². The number of aromatic nitrogens is 2. The molecular weight excluding hydrogens is 162 g/mol. The second kappa shape index (κ2) is 2.84. The molecule has 0 spiro atoms. The fourth-order valence-electron chi connectivity index (χ4n) is 0.959. The molecule has 0 saturated carbocycles. The van der Waals surface area contributed by atoms with E-state index in [2.05, 4.69) is 15.5 Å². The predicted molar refractivity (Wildman–Crippen MR) is 41.4 cm³/mol. The van der Waals surface area contributed by atoms with Gasteiger partial charge in [-0.25, -0.2) is 0 Å². The molecule has 2 heterocycles. The average molecular weight is 171 g/mol. The molecule has 0 atom stereocenters. The lowest BCUT2D eigenvalue weighted by molar-refractivity contribution is 0.280. The fourth-order valence-corrected chi connectivity index (χ4v) is 1.76. The Morgan fingerprint density at radius 2 is 2.36 bits per heavy atom. The Balaban J connectivity index is 2.11. The van der Waals surface area contributed by atoms with Crippen LogP contribution in [-0.4, -0.2) is 28.4 Å². The predicted octanol–water partition coefficient (Wildman–Crippen LogP) is -0.283. The first-order chi connectivity index (χ1) is 5.40. The first kappa shape index (κ1) is 7.15. The summed E-state index contributed by atoms with van der Waals surface area (Å²) in [7, 11) is 0. The van der Waals surface area contributed by atoms with E-state index in [1.54, 1.807) is 0 Å². The lowest BCUT2D eigenvalue weighted by Gasteiger charge is -2.23. The van der Waals surface area contributed by atoms with E-state index in [1.807, 2.05) is 0 Å². The van der Waals surface area contributed by atoms with Gasteiger partial charge in [0.2, 0.25) is 0 Å². The van der Waals surface area contributed by atoms with Crippen LogP contribution in [0.4, 0.5) is 0 Å². The van der Waals surface area contributed by atoms with Crippen molar-refractivity contribution in [3.8, 4) is 0 Å². The summed E-state index contributed by atoms with van der Waals surface area (Å²) in [6.45, 7) is 2.01. The van der Waals surface area contributed by atoms with Crippen molar-refractivity contribution in [3.05, 3.63) is 10.0 Å². The Bertz CT molecular complexity index is 246. The molecule has 2 rings (SSSR count). The van der Waals surface area contributed by atoms with Crippen LogP contribution in [0.15, 0.2) is 0 Å². The Kier molecular flexibility index (Phi) is 1.85. The van der Waals surface area contributed by atoms with E-state index >= 15 is 0 Å². The summed E-state index contributed by atoms with van der Waals surface area (Å²) < 4.78 is 0. The summed E-state index contributed by atoms with van der Waals surface area (Å²) in [5.74, 6) is 0.535. The minimum absolute atomic E-state index is 0.0117. The third-order valence-electron chi connectivity index (χ3n) is 1.75. The molecule has 0 radical (unpaired) electrons. The van der Waals surface area contributed by atoms with Gasteiger partial charge < -0.3 is 10.4 Å². The molecule has 60 valence electrons. The molecule has 5 heteroatoms. The zero-order valence-electron chi connectivity index (χ0n) is 5.95. The molecule has 1 aromatic rings. The van der Waals surface area contributed by atoms with Gasteiger partial charge in [-0.3, -0.25) is 0 Å². The summed E-state index contributed by atoms with van der Waals surface area (Å²) in [4.78, 5) is 0. The Hall–Kier alpha value is -0.520. The second-order valence-corrected chi connectivity index (χ2v) is 3.64. The monoisotopic (exact) mass is 171 g/mol. The molecule has 0 amide bonds. The average Bonchev–Trinajstić information content (AvgIpc) is 2.32. The molecule has 0 bridgehead atoms. The standard InChI is InChI=1S/C6H9N3OS/c10-3-5-8-9-6(11-5)4-1-7-2-4/h4,7,10H,1-3H2. The second-order valence-electron chi connectivity index (χ2n) is 2.55. The van der Waals surface area contributed by atoms with Gasteiger partial charge in [-0.1, -0.05) is 11.3 Å². The van der Waals surface area contributed by atoms with Gasteiger partial charge in [0, 0.05) is 19.0 Å². The third kappa shape index (κ3) is 1.26. The van der Waals surface area contributed by atoms with Crippen molar-refractivity contribution in [2.45, 2.75) is 12.5 Å². The quantitative estimate of drug-likeness (QED) is 0.642. The van der Waals surface area contributed by atoms with Crippen molar-refractivity contribution in [2.24, 2.45) is 0 Å². The summed E-state index contributed by atoms with van der Waals surface area (Å²) in [6.07, 6.45) is 0. The summed E-state index contributed by atoms with van der Waals surface area (Å²) in [5, 5.41) is 21.4. The molecule has 1 fully saturated rings. The van der Waals surface area contributed by atoms with Gasteiger partial charge in [0.15, 0.2) is 0 Å². The van der Waals surface area contributed by atoms with E-state index in [0.29, 0.717) is 10.9 Å². The molecule has 2 N–H and O–H groups in total. The Labute approximate surface area is 68.3 Å². The molecule has 0 unspecified atom stereocenters. The minimum Gasteiger partial charge on any atom is -0.389 e. The first-order valence-electron chi connectivity index (χ1n) is 3.54. The molecule has 1 aliphatic heterocycles. The molecular formula is C6H9N3OS. The number of hydrogen-bond donors (Lipinski definition) is 2. The van der Waals surface area contributed by atoms with Crippen LogP contribution >= 0.6 is 11.3 Å². The van der Waals surface area contributed by atoms with Crippen molar-refractivity contribution >= 4 is 11.3 Å². The van der Waals surface area contributed by atoms with Crippen LogP contribution in [0.25, 0.3) is 0 Å². The van der Waals surface area contributed by atoms with E-state index in [4.69, 9.17) is 5.11 Å². The van der Waals surface area contributed by atoms with Gasteiger partial charge in [0.1, 0.15) is 10.0 Å². The molecule has 4 nitrogen and oxygen atoms in total. The van der Waals surface area contributed by atoms with Gasteiger partial charge in [0.05, 0.1) is 6.61 Å². The summed E-state index contributed by atoms with van der Waals surface area (Å²) >= 11 is 1.50. The SMILES string of the molecule is OCc1nnc(C2CNC2)s1. The first-order valence-corrected chi connectivity index (χ1v) is 4.35. The van der Waals surface area contributed by atoms with Gasteiger partial charge >= 0.3 is 0 Å². The van der Waals surface area contributed by atoms with E-state index in [0.717, 1.165) is 18.1 Å². The van der Waals surface area contributed by atoms with Gasteiger partial charge in [-0.15, -0.1) is 10.2 Å². The third-order valence-corrected chi connectivity index (χ3v) is 2.82. The van der Waals surface area contributed by atoms with Crippen molar-refractivity contribution in [3.63, 3.8) is 0 Å². The maximum absolute atomic E-state index is 8.72. The highest BCUT2D eigenvalue weighted by atomic mass is 32.1. The van der Waals surface area contributed by atoms with Crippen molar-refractivity contribution < 1.29 is 5.11 Å². The zero-order valence-corrected chi connectivity index (χ0v) is 6.77. The number of aliphatic hydroxyl groups excluding tert-OH is 1. The lowest BCUT2D eigenvalue weighted by Crippen LogP contribution is -2.39. The van der Waals surface area contributed by atoms with E-state index in [-0.39, 0.29) is 6.61 Å². The molecule has 1 aliphatic rings. The maximum Gasteiger partial charge on any atom is 0.143 e. The molecule has 11 heavy (non-hydrogen) atoms. The lowest BCUT2D eigenvalue weighted by atomic mass is 10.1. The highest BCUT2D eigenvalue weighted by Crippen LogP contribution is 2.22. The molecule has 1 saturated heterocycles. The van der Waals surface area contributed by atoms with E-state index in [9.17, 15) is 0 Å². The van der Waals surface area contributed by atoms with Crippen LogP contribution < -0.4 is 5.32 Å². The molecule has 0 aliphatic carbocycles. The van der Waals surface area contributed by atoms with Crippen molar-refractivity contribution in [1.82, 2.24) is 15.5 Å². The van der Waals surface area contributed by atoms with Crippen LogP contribution in [0.5, 0.6) is 0 Å². The van der Waals surface area contributed by atoms with Crippen LogP contribution in [0, 0.1) is 0 Å². The van der Waals surface area contributed by atoms with Gasteiger partial charge in [0.25, 0.3) is 0 Å². The number of rotatable bonds is 2. The zero-order chi connectivity index (χ0) is 7.68. The van der Waals surface area contributed by atoms with Gasteiger partial charge in [-0.2, -0.15) is 0 Å². The molecule has 0 aromatic carbocycles. The van der Waals surface area contributed by atoms with Gasteiger partial charge in [-0.05, 0) is 0 Å². The summed E-state index contributed by atoms with van der Waals surface area (Å²) in [5.41, 5.74) is 0. The van der Waals surface area contributed by atoms with Crippen LogP contribution in [0.3, 0.4) is 0 Å². The van der Waals surface area contributed by atoms with Crippen molar-refractivity contribution in [2.75, 3.05) is 13.1 Å². The minimum atomic E-state index is 0.0117. The Morgan fingerprint density at radius 3 is 2.82 bits per heavy atom. The highest BCUT2D eigenvalue weighted by Gasteiger charge is 2.22. The van der Waals surface area contributed by atoms with E-state index in [1.165, 1.54) is 11.3 Å². The van der Waals surface area contributed by atoms with E-state index < -0.39 is 0 Å². The normalized spacial score (nSPS) is 18.3. The maximum atomic E-state index is 8.72. The number of hydrogen-bond acceptors (Lipinski definition) is 5. The smallest absolute Gasteiger partial charge is 0.143 e. The highest BCUT2D eigenvalue weighted by molar-refractivity contribution is 7.11. The van der Waals surface area contributed by atoms with Crippen LogP contribution in [0.2, 0.25) is 0 Å². The molecule has 1 aromatic heterocycles. The fraction of sp³-hybridized carbons (Fsp3) is 0.667. The topological polar surface area (TPSA) is 58.0 Å². The largest absolute Gasteiger partial charge is 0.389 e. The Morgan fingerprint density at radius 1 is 1.55 bits per heavy atom.